The van der Waals surface area contributed by atoms with Crippen LogP contribution in [0.3, 0.4) is 0 Å². The van der Waals surface area contributed by atoms with Crippen molar-refractivity contribution in [3.63, 3.8) is 0 Å². The molecule has 1 aromatic rings. The highest BCUT2D eigenvalue weighted by molar-refractivity contribution is 5.96. The Bertz CT molecular complexity index is 465. The molecule has 1 atom stereocenters. The largest absolute Gasteiger partial charge is 0.490 e. The molecular formula is C15H19FO3. The first-order valence-electron chi connectivity index (χ1n) is 6.63. The number of hydrogen-bond donors (Lipinski definition) is 0. The highest BCUT2D eigenvalue weighted by Crippen LogP contribution is 2.24. The van der Waals surface area contributed by atoms with Crippen LogP contribution >= 0.6 is 0 Å². The molecule has 1 unspecified atom stereocenters. The minimum absolute atomic E-state index is 0.0684. The van der Waals surface area contributed by atoms with Crippen molar-refractivity contribution in [3.8, 4) is 5.75 Å². The lowest BCUT2D eigenvalue weighted by molar-refractivity contribution is -0.0112. The molecule has 0 N–H and O–H groups in total. The summed E-state index contributed by atoms with van der Waals surface area (Å²) in [6.45, 7) is 4.23. The van der Waals surface area contributed by atoms with Crippen molar-refractivity contribution in [3.05, 3.63) is 29.1 Å². The third-order valence-corrected chi connectivity index (χ3v) is 3.34. The van der Waals surface area contributed by atoms with Crippen LogP contribution < -0.4 is 4.74 Å². The van der Waals surface area contributed by atoms with Gasteiger partial charge in [0.2, 0.25) is 0 Å². The Morgan fingerprint density at radius 1 is 1.47 bits per heavy atom. The molecule has 0 radical (unpaired) electrons. The topological polar surface area (TPSA) is 35.5 Å². The van der Waals surface area contributed by atoms with E-state index in [-0.39, 0.29) is 17.7 Å². The standard InChI is InChI=1S/C15H19FO3/c1-10-7-15(13(11(2)17)8-14(10)16)19-9-12-5-3-4-6-18-12/h7-8,12H,3-6,9H2,1-2H3. The van der Waals surface area contributed by atoms with Gasteiger partial charge in [-0.05, 0) is 50.8 Å². The summed E-state index contributed by atoms with van der Waals surface area (Å²) in [5.41, 5.74) is 0.767. The van der Waals surface area contributed by atoms with Gasteiger partial charge >= 0.3 is 0 Å². The van der Waals surface area contributed by atoms with E-state index in [1.54, 1.807) is 13.0 Å². The smallest absolute Gasteiger partial charge is 0.163 e. The van der Waals surface area contributed by atoms with Crippen LogP contribution in [0.15, 0.2) is 12.1 Å². The highest BCUT2D eigenvalue weighted by Gasteiger charge is 2.17. The van der Waals surface area contributed by atoms with Crippen molar-refractivity contribution in [2.75, 3.05) is 13.2 Å². The first kappa shape index (κ1) is 14.0. The van der Waals surface area contributed by atoms with Gasteiger partial charge < -0.3 is 9.47 Å². The predicted octanol–water partition coefficient (Wildman–Crippen LogP) is 3.28. The van der Waals surface area contributed by atoms with Crippen molar-refractivity contribution >= 4 is 5.78 Å². The molecular weight excluding hydrogens is 247 g/mol. The SMILES string of the molecule is CC(=O)c1cc(F)c(C)cc1OCC1CCCCO1. The molecule has 0 amide bonds. The Labute approximate surface area is 112 Å². The second-order valence-electron chi connectivity index (χ2n) is 4.95. The summed E-state index contributed by atoms with van der Waals surface area (Å²) < 4.78 is 24.7. The summed E-state index contributed by atoms with van der Waals surface area (Å²) in [5, 5.41) is 0. The minimum atomic E-state index is -0.383. The fourth-order valence-corrected chi connectivity index (χ4v) is 2.17. The summed E-state index contributed by atoms with van der Waals surface area (Å²) in [4.78, 5) is 11.5. The number of ketones is 1. The van der Waals surface area contributed by atoms with Gasteiger partial charge in [0.15, 0.2) is 5.78 Å². The van der Waals surface area contributed by atoms with E-state index >= 15 is 0 Å². The molecule has 4 heteroatoms. The van der Waals surface area contributed by atoms with E-state index in [9.17, 15) is 9.18 Å². The Balaban J connectivity index is 2.09. The number of Topliss-reactive ketones (excluding diaryl/α,β-unsaturated/α-hetero) is 1. The minimum Gasteiger partial charge on any atom is -0.490 e. The zero-order chi connectivity index (χ0) is 13.8. The number of carbonyl (C=O) groups excluding carboxylic acids is 1. The number of aryl methyl sites for hydroxylation is 1. The van der Waals surface area contributed by atoms with Crippen molar-refractivity contribution in [1.82, 2.24) is 0 Å². The number of halogens is 1. The van der Waals surface area contributed by atoms with Gasteiger partial charge in [-0.1, -0.05) is 0 Å². The molecule has 2 rings (SSSR count). The Morgan fingerprint density at radius 3 is 2.89 bits per heavy atom. The van der Waals surface area contributed by atoms with Gasteiger partial charge in [0.05, 0.1) is 11.7 Å². The molecule has 1 heterocycles. The molecule has 1 aliphatic heterocycles. The predicted molar refractivity (Wildman–Crippen MR) is 70.2 cm³/mol. The maximum atomic E-state index is 13.5. The van der Waals surface area contributed by atoms with Crippen molar-refractivity contribution < 1.29 is 18.7 Å². The van der Waals surface area contributed by atoms with E-state index in [0.717, 1.165) is 25.9 Å². The van der Waals surface area contributed by atoms with Crippen LogP contribution in [-0.4, -0.2) is 25.1 Å². The first-order chi connectivity index (χ1) is 9.08. The average Bonchev–Trinajstić information content (AvgIpc) is 2.40. The van der Waals surface area contributed by atoms with Crippen molar-refractivity contribution in [2.45, 2.75) is 39.2 Å². The summed E-state index contributed by atoms with van der Waals surface area (Å²) in [7, 11) is 0. The molecule has 0 bridgehead atoms. The van der Waals surface area contributed by atoms with E-state index in [2.05, 4.69) is 0 Å². The fourth-order valence-electron chi connectivity index (χ4n) is 2.17. The summed E-state index contributed by atoms with van der Waals surface area (Å²) in [6, 6.07) is 2.82. The maximum Gasteiger partial charge on any atom is 0.163 e. The molecule has 0 aliphatic carbocycles. The van der Waals surface area contributed by atoms with E-state index in [1.807, 2.05) is 0 Å². The molecule has 0 saturated carbocycles. The number of benzene rings is 1. The Morgan fingerprint density at radius 2 is 2.26 bits per heavy atom. The Hall–Kier alpha value is -1.42. The molecule has 1 aromatic carbocycles. The summed E-state index contributed by atoms with van der Waals surface area (Å²) in [6.07, 6.45) is 3.26. The van der Waals surface area contributed by atoms with Crippen LogP contribution in [0.5, 0.6) is 5.75 Å². The second-order valence-corrected chi connectivity index (χ2v) is 4.95. The zero-order valence-corrected chi connectivity index (χ0v) is 11.4. The summed E-state index contributed by atoms with van der Waals surface area (Å²) in [5.74, 6) is -0.134. The van der Waals surface area contributed by atoms with Crippen molar-refractivity contribution in [2.24, 2.45) is 0 Å². The van der Waals surface area contributed by atoms with E-state index < -0.39 is 0 Å². The van der Waals surface area contributed by atoms with Crippen LogP contribution in [0.25, 0.3) is 0 Å². The average molecular weight is 266 g/mol. The first-order valence-corrected chi connectivity index (χ1v) is 6.63. The molecule has 3 nitrogen and oxygen atoms in total. The fraction of sp³-hybridized carbons (Fsp3) is 0.533. The van der Waals surface area contributed by atoms with Gasteiger partial charge in [-0.3, -0.25) is 4.79 Å². The monoisotopic (exact) mass is 266 g/mol. The lowest BCUT2D eigenvalue weighted by atomic mass is 10.1. The lowest BCUT2D eigenvalue weighted by Gasteiger charge is -2.23. The zero-order valence-electron chi connectivity index (χ0n) is 11.4. The summed E-state index contributed by atoms with van der Waals surface area (Å²) >= 11 is 0. The van der Waals surface area contributed by atoms with Gasteiger partial charge in [0.1, 0.15) is 18.2 Å². The molecule has 1 aliphatic rings. The number of ether oxygens (including phenoxy) is 2. The van der Waals surface area contributed by atoms with E-state index in [1.165, 1.54) is 13.0 Å². The molecule has 19 heavy (non-hydrogen) atoms. The van der Waals surface area contributed by atoms with Crippen LogP contribution in [0.1, 0.15) is 42.1 Å². The number of hydrogen-bond acceptors (Lipinski definition) is 3. The second kappa shape index (κ2) is 6.15. The third-order valence-electron chi connectivity index (χ3n) is 3.34. The third kappa shape index (κ3) is 3.53. The van der Waals surface area contributed by atoms with E-state index in [4.69, 9.17) is 9.47 Å². The van der Waals surface area contributed by atoms with Gasteiger partial charge in [0.25, 0.3) is 0 Å². The van der Waals surface area contributed by atoms with Gasteiger partial charge in [-0.2, -0.15) is 0 Å². The molecule has 1 fully saturated rings. The van der Waals surface area contributed by atoms with Gasteiger partial charge in [0, 0.05) is 6.61 Å². The van der Waals surface area contributed by atoms with Crippen LogP contribution in [0, 0.1) is 12.7 Å². The van der Waals surface area contributed by atoms with Crippen molar-refractivity contribution in [1.29, 1.82) is 0 Å². The molecule has 1 saturated heterocycles. The normalized spacial score (nSPS) is 19.2. The van der Waals surface area contributed by atoms with Crippen LogP contribution in [0.2, 0.25) is 0 Å². The van der Waals surface area contributed by atoms with Crippen LogP contribution in [0.4, 0.5) is 4.39 Å². The van der Waals surface area contributed by atoms with Crippen LogP contribution in [-0.2, 0) is 4.74 Å². The Kier molecular flexibility index (Phi) is 4.53. The lowest BCUT2D eigenvalue weighted by Crippen LogP contribution is -2.26. The number of carbonyl (C=O) groups is 1. The quantitative estimate of drug-likeness (QED) is 0.784. The molecule has 0 spiro atoms. The van der Waals surface area contributed by atoms with Gasteiger partial charge in [-0.15, -0.1) is 0 Å². The van der Waals surface area contributed by atoms with E-state index in [0.29, 0.717) is 23.5 Å². The van der Waals surface area contributed by atoms with Gasteiger partial charge in [-0.25, -0.2) is 4.39 Å². The molecule has 0 aromatic heterocycles. The highest BCUT2D eigenvalue weighted by atomic mass is 19.1. The molecule has 104 valence electrons. The maximum absolute atomic E-state index is 13.5. The number of rotatable bonds is 4.